The second-order valence-corrected chi connectivity index (χ2v) is 7.32. The Morgan fingerprint density at radius 1 is 0.967 bits per heavy atom. The van der Waals surface area contributed by atoms with Crippen molar-refractivity contribution in [2.75, 3.05) is 26.6 Å². The molecule has 1 saturated carbocycles. The molecule has 2 aromatic rings. The van der Waals surface area contributed by atoms with Crippen molar-refractivity contribution in [1.82, 2.24) is 5.32 Å². The number of ether oxygens (including phenoxy) is 5. The van der Waals surface area contributed by atoms with E-state index in [0.29, 0.717) is 28.7 Å². The number of hydrogen-bond donors (Lipinski definition) is 2. The normalized spacial score (nSPS) is 15.7. The van der Waals surface area contributed by atoms with Crippen LogP contribution in [0.2, 0.25) is 0 Å². The third kappa shape index (κ3) is 3.90. The van der Waals surface area contributed by atoms with E-state index in [1.54, 1.807) is 45.6 Å². The van der Waals surface area contributed by atoms with Gasteiger partial charge in [0.2, 0.25) is 5.75 Å². The highest BCUT2D eigenvalue weighted by atomic mass is 16.7. The van der Waals surface area contributed by atoms with Crippen LogP contribution < -0.4 is 34.3 Å². The van der Waals surface area contributed by atoms with Gasteiger partial charge in [0, 0.05) is 31.1 Å². The van der Waals surface area contributed by atoms with Gasteiger partial charge in [0.25, 0.3) is 5.79 Å². The maximum absolute atomic E-state index is 12.4. The zero-order chi connectivity index (χ0) is 21.1. The highest BCUT2D eigenvalue weighted by Crippen LogP contribution is 2.47. The van der Waals surface area contributed by atoms with Gasteiger partial charge in [0.1, 0.15) is 0 Å². The number of nitrogens with one attached hydrogen (secondary N) is 2. The lowest BCUT2D eigenvalue weighted by Crippen LogP contribution is -2.34. The standard InChI is InChI=1S/C22H26N2O6/c1-26-18-10-14(11-19(27-2)20(18)28-3)13-23-21(25)24-15-6-7-16-17(12-15)30-22(29-16)8-4-5-9-22/h6-7,10-12H,4-5,8-9,13H2,1-3H3,(H2,23,24,25). The molecule has 0 radical (unpaired) electrons. The summed E-state index contributed by atoms with van der Waals surface area (Å²) in [5.74, 6) is 2.44. The Balaban J connectivity index is 1.38. The van der Waals surface area contributed by atoms with E-state index in [9.17, 15) is 4.79 Å². The summed E-state index contributed by atoms with van der Waals surface area (Å²) >= 11 is 0. The summed E-state index contributed by atoms with van der Waals surface area (Å²) in [6, 6.07) is 8.68. The Hall–Kier alpha value is -3.29. The van der Waals surface area contributed by atoms with Gasteiger partial charge in [-0.1, -0.05) is 0 Å². The minimum atomic E-state index is -0.518. The van der Waals surface area contributed by atoms with Crippen molar-refractivity contribution in [2.24, 2.45) is 0 Å². The molecule has 8 nitrogen and oxygen atoms in total. The van der Waals surface area contributed by atoms with Gasteiger partial charge in [0.15, 0.2) is 23.0 Å². The lowest BCUT2D eigenvalue weighted by Gasteiger charge is -2.21. The molecule has 4 rings (SSSR count). The van der Waals surface area contributed by atoms with E-state index in [4.69, 9.17) is 23.7 Å². The summed E-state index contributed by atoms with van der Waals surface area (Å²) in [7, 11) is 4.65. The minimum absolute atomic E-state index is 0.288. The number of hydrogen-bond acceptors (Lipinski definition) is 6. The number of carbonyl (C=O) groups is 1. The lowest BCUT2D eigenvalue weighted by atomic mass is 10.2. The van der Waals surface area contributed by atoms with Crippen LogP contribution >= 0.6 is 0 Å². The molecule has 160 valence electrons. The number of rotatable bonds is 6. The van der Waals surface area contributed by atoms with Gasteiger partial charge in [-0.2, -0.15) is 0 Å². The van der Waals surface area contributed by atoms with E-state index in [0.717, 1.165) is 37.0 Å². The monoisotopic (exact) mass is 414 g/mol. The van der Waals surface area contributed by atoms with E-state index in [2.05, 4.69) is 10.6 Å². The summed E-state index contributed by atoms with van der Waals surface area (Å²) in [6.07, 6.45) is 3.98. The maximum atomic E-state index is 12.4. The molecule has 2 aromatic carbocycles. The molecular weight excluding hydrogens is 388 g/mol. The van der Waals surface area contributed by atoms with Gasteiger partial charge in [-0.3, -0.25) is 0 Å². The number of urea groups is 1. The van der Waals surface area contributed by atoms with E-state index in [1.165, 1.54) is 0 Å². The summed E-state index contributed by atoms with van der Waals surface area (Å²) < 4.78 is 28.1. The Kier molecular flexibility index (Phi) is 5.48. The summed E-state index contributed by atoms with van der Waals surface area (Å²) in [4.78, 5) is 12.4. The van der Waals surface area contributed by atoms with Gasteiger partial charge in [-0.25, -0.2) is 4.79 Å². The van der Waals surface area contributed by atoms with Gasteiger partial charge in [-0.15, -0.1) is 0 Å². The Morgan fingerprint density at radius 2 is 1.63 bits per heavy atom. The molecule has 2 amide bonds. The van der Waals surface area contributed by atoms with Crippen molar-refractivity contribution >= 4 is 11.7 Å². The predicted octanol–water partition coefficient (Wildman–Crippen LogP) is 4.08. The highest BCUT2D eigenvalue weighted by Gasteiger charge is 2.44. The molecule has 30 heavy (non-hydrogen) atoms. The topological polar surface area (TPSA) is 87.3 Å². The number of methoxy groups -OCH3 is 3. The van der Waals surface area contributed by atoms with Crippen LogP contribution in [0.4, 0.5) is 10.5 Å². The number of carbonyl (C=O) groups excluding carboxylic acids is 1. The molecule has 0 unspecified atom stereocenters. The van der Waals surface area contributed by atoms with E-state index in [-0.39, 0.29) is 12.6 Å². The first-order valence-electron chi connectivity index (χ1n) is 9.91. The van der Waals surface area contributed by atoms with E-state index in [1.807, 2.05) is 6.07 Å². The van der Waals surface area contributed by atoms with Crippen LogP contribution in [0.15, 0.2) is 30.3 Å². The zero-order valence-corrected chi connectivity index (χ0v) is 17.4. The van der Waals surface area contributed by atoms with Crippen molar-refractivity contribution in [1.29, 1.82) is 0 Å². The lowest BCUT2D eigenvalue weighted by molar-refractivity contribution is -0.0716. The predicted molar refractivity (Wildman–Crippen MR) is 111 cm³/mol. The van der Waals surface area contributed by atoms with Crippen LogP contribution in [-0.2, 0) is 6.54 Å². The van der Waals surface area contributed by atoms with Crippen LogP contribution in [0.3, 0.4) is 0 Å². The smallest absolute Gasteiger partial charge is 0.319 e. The summed E-state index contributed by atoms with van der Waals surface area (Å²) in [5.41, 5.74) is 1.45. The fourth-order valence-electron chi connectivity index (χ4n) is 3.88. The molecule has 0 saturated heterocycles. The number of fused-ring (bicyclic) bond motifs is 1. The molecule has 0 bridgehead atoms. The first-order valence-corrected chi connectivity index (χ1v) is 9.91. The van der Waals surface area contributed by atoms with Crippen molar-refractivity contribution in [2.45, 2.75) is 38.0 Å². The third-order valence-electron chi connectivity index (χ3n) is 5.34. The molecule has 8 heteroatoms. The van der Waals surface area contributed by atoms with Crippen molar-refractivity contribution in [3.05, 3.63) is 35.9 Å². The summed E-state index contributed by atoms with van der Waals surface area (Å²) in [5, 5.41) is 5.66. The zero-order valence-electron chi connectivity index (χ0n) is 17.4. The molecule has 2 N–H and O–H groups in total. The molecule has 1 aliphatic heterocycles. The van der Waals surface area contributed by atoms with Gasteiger partial charge < -0.3 is 34.3 Å². The van der Waals surface area contributed by atoms with E-state index >= 15 is 0 Å². The minimum Gasteiger partial charge on any atom is -0.493 e. The van der Waals surface area contributed by atoms with Crippen LogP contribution in [0.1, 0.15) is 31.2 Å². The second-order valence-electron chi connectivity index (χ2n) is 7.32. The van der Waals surface area contributed by atoms with Gasteiger partial charge in [0.05, 0.1) is 21.3 Å². The first kappa shape index (κ1) is 20.0. The fourth-order valence-corrected chi connectivity index (χ4v) is 3.88. The average Bonchev–Trinajstić information content (AvgIpc) is 3.36. The molecular formula is C22H26N2O6. The van der Waals surface area contributed by atoms with Crippen molar-refractivity contribution in [3.63, 3.8) is 0 Å². The molecule has 1 fully saturated rings. The quantitative estimate of drug-likeness (QED) is 0.741. The molecule has 0 atom stereocenters. The number of benzene rings is 2. The van der Waals surface area contributed by atoms with Crippen molar-refractivity contribution in [3.8, 4) is 28.7 Å². The Labute approximate surface area is 175 Å². The molecule has 1 aliphatic carbocycles. The molecule has 2 aliphatic rings. The Morgan fingerprint density at radius 3 is 2.27 bits per heavy atom. The number of amides is 2. The molecule has 1 spiro atoms. The van der Waals surface area contributed by atoms with Crippen LogP contribution in [-0.4, -0.2) is 33.1 Å². The fraction of sp³-hybridized carbons (Fsp3) is 0.409. The maximum Gasteiger partial charge on any atom is 0.319 e. The van der Waals surface area contributed by atoms with E-state index < -0.39 is 5.79 Å². The van der Waals surface area contributed by atoms with Crippen LogP contribution in [0.5, 0.6) is 28.7 Å². The molecule has 0 aromatic heterocycles. The summed E-state index contributed by atoms with van der Waals surface area (Å²) in [6.45, 7) is 0.288. The SMILES string of the molecule is COc1cc(CNC(=O)Nc2ccc3c(c2)OC2(CCCC2)O3)cc(OC)c1OC. The third-order valence-corrected chi connectivity index (χ3v) is 5.34. The van der Waals surface area contributed by atoms with Crippen LogP contribution in [0, 0.1) is 0 Å². The van der Waals surface area contributed by atoms with Gasteiger partial charge in [-0.05, 0) is 42.7 Å². The Bertz CT molecular complexity index is 914. The van der Waals surface area contributed by atoms with Crippen LogP contribution in [0.25, 0.3) is 0 Å². The number of anilines is 1. The molecule has 1 heterocycles. The largest absolute Gasteiger partial charge is 0.493 e. The highest BCUT2D eigenvalue weighted by molar-refractivity contribution is 5.89. The first-order chi connectivity index (χ1) is 14.6. The van der Waals surface area contributed by atoms with Gasteiger partial charge >= 0.3 is 6.03 Å². The average molecular weight is 414 g/mol. The second kappa shape index (κ2) is 8.22. The van der Waals surface area contributed by atoms with Crippen molar-refractivity contribution < 1.29 is 28.5 Å².